The van der Waals surface area contributed by atoms with Crippen molar-refractivity contribution in [3.05, 3.63) is 23.6 Å². The monoisotopic (exact) mass is 249 g/mol. The van der Waals surface area contributed by atoms with E-state index in [9.17, 15) is 0 Å². The van der Waals surface area contributed by atoms with E-state index in [-0.39, 0.29) is 6.54 Å². The van der Waals surface area contributed by atoms with Gasteiger partial charge in [0.1, 0.15) is 17.1 Å². The normalized spacial score (nSPS) is 10.4. The van der Waals surface area contributed by atoms with Crippen molar-refractivity contribution < 1.29 is 14.0 Å². The van der Waals surface area contributed by atoms with Gasteiger partial charge in [0.2, 0.25) is 11.7 Å². The van der Waals surface area contributed by atoms with E-state index in [1.807, 2.05) is 19.1 Å². The van der Waals surface area contributed by atoms with E-state index >= 15 is 0 Å². The van der Waals surface area contributed by atoms with Crippen LogP contribution in [0.5, 0.6) is 11.5 Å². The van der Waals surface area contributed by atoms with E-state index in [1.54, 1.807) is 14.2 Å². The quantitative estimate of drug-likeness (QED) is 0.884. The number of ether oxygens (including phenoxy) is 2. The lowest BCUT2D eigenvalue weighted by atomic mass is 10.1. The van der Waals surface area contributed by atoms with Crippen molar-refractivity contribution in [2.45, 2.75) is 13.5 Å². The van der Waals surface area contributed by atoms with E-state index in [0.29, 0.717) is 28.8 Å². The third-order valence-corrected chi connectivity index (χ3v) is 2.61. The maximum atomic E-state index is 5.45. The van der Waals surface area contributed by atoms with Gasteiger partial charge in [-0.15, -0.1) is 0 Å². The Hall–Kier alpha value is -2.08. The van der Waals surface area contributed by atoms with E-state index in [0.717, 1.165) is 5.56 Å². The molecule has 0 atom stereocenters. The van der Waals surface area contributed by atoms with E-state index < -0.39 is 0 Å². The zero-order valence-corrected chi connectivity index (χ0v) is 10.6. The van der Waals surface area contributed by atoms with Crippen LogP contribution in [-0.2, 0) is 6.54 Å². The molecule has 6 nitrogen and oxygen atoms in total. The average molecular weight is 249 g/mol. The molecular formula is C12H15N3O3. The molecule has 0 saturated heterocycles. The van der Waals surface area contributed by atoms with E-state index in [2.05, 4.69) is 10.1 Å². The number of aryl methyl sites for hydroxylation is 1. The first-order valence-corrected chi connectivity index (χ1v) is 5.45. The third-order valence-electron chi connectivity index (χ3n) is 2.61. The average Bonchev–Trinajstić information content (AvgIpc) is 2.86. The van der Waals surface area contributed by atoms with Crippen LogP contribution < -0.4 is 15.2 Å². The van der Waals surface area contributed by atoms with Crippen LogP contribution in [0.2, 0.25) is 0 Å². The van der Waals surface area contributed by atoms with Crippen molar-refractivity contribution in [1.29, 1.82) is 0 Å². The molecule has 1 aromatic heterocycles. The highest BCUT2D eigenvalue weighted by atomic mass is 16.5. The van der Waals surface area contributed by atoms with Crippen molar-refractivity contribution in [2.75, 3.05) is 14.2 Å². The first-order chi connectivity index (χ1) is 8.71. The zero-order valence-electron chi connectivity index (χ0n) is 10.6. The molecule has 0 aliphatic rings. The third kappa shape index (κ3) is 2.02. The van der Waals surface area contributed by atoms with Crippen LogP contribution in [0.1, 0.15) is 11.5 Å². The fourth-order valence-electron chi connectivity index (χ4n) is 1.75. The van der Waals surface area contributed by atoms with Crippen LogP contribution in [0.3, 0.4) is 0 Å². The fraction of sp³-hybridized carbons (Fsp3) is 0.333. The molecule has 0 aliphatic carbocycles. The standard InChI is InChI=1S/C12H15N3O3/c1-7-4-5-8(16-2)10(11(7)17-3)12-14-9(6-13)18-15-12/h4-5H,6,13H2,1-3H3. The van der Waals surface area contributed by atoms with Gasteiger partial charge in [-0.25, -0.2) is 0 Å². The predicted molar refractivity (Wildman–Crippen MR) is 65.5 cm³/mol. The topological polar surface area (TPSA) is 83.4 Å². The highest BCUT2D eigenvalue weighted by molar-refractivity contribution is 5.73. The van der Waals surface area contributed by atoms with Gasteiger partial charge in [0.25, 0.3) is 0 Å². The number of hydrogen-bond acceptors (Lipinski definition) is 6. The summed E-state index contributed by atoms with van der Waals surface area (Å²) in [4.78, 5) is 4.19. The number of methoxy groups -OCH3 is 2. The SMILES string of the molecule is COc1ccc(C)c(OC)c1-c1noc(CN)n1. The lowest BCUT2D eigenvalue weighted by Gasteiger charge is -2.12. The number of benzene rings is 1. The van der Waals surface area contributed by atoms with Crippen LogP contribution in [0, 0.1) is 6.92 Å². The molecule has 2 aromatic rings. The molecule has 1 aromatic carbocycles. The van der Waals surface area contributed by atoms with Crippen molar-refractivity contribution in [1.82, 2.24) is 10.1 Å². The Bertz CT molecular complexity index is 551. The minimum absolute atomic E-state index is 0.198. The Balaban J connectivity index is 2.63. The predicted octanol–water partition coefficient (Wildman–Crippen LogP) is 1.52. The summed E-state index contributed by atoms with van der Waals surface area (Å²) >= 11 is 0. The van der Waals surface area contributed by atoms with Crippen molar-refractivity contribution in [3.63, 3.8) is 0 Å². The summed E-state index contributed by atoms with van der Waals surface area (Å²) in [5.74, 6) is 2.07. The zero-order chi connectivity index (χ0) is 13.1. The molecule has 0 spiro atoms. The van der Waals surface area contributed by atoms with Crippen molar-refractivity contribution >= 4 is 0 Å². The Kier molecular flexibility index (Phi) is 3.47. The second kappa shape index (κ2) is 5.05. The number of nitrogens with two attached hydrogens (primary N) is 1. The minimum atomic E-state index is 0.198. The molecule has 1 heterocycles. The first-order valence-electron chi connectivity index (χ1n) is 5.45. The summed E-state index contributed by atoms with van der Waals surface area (Å²) in [6.45, 7) is 2.13. The molecule has 0 saturated carbocycles. The van der Waals surface area contributed by atoms with E-state index in [4.69, 9.17) is 19.7 Å². The first kappa shape index (κ1) is 12.4. The second-order valence-electron chi connectivity index (χ2n) is 3.71. The lowest BCUT2D eigenvalue weighted by Crippen LogP contribution is -1.98. The van der Waals surface area contributed by atoms with Gasteiger partial charge in [-0.05, 0) is 18.6 Å². The molecule has 0 aliphatic heterocycles. The highest BCUT2D eigenvalue weighted by Crippen LogP contribution is 2.38. The summed E-state index contributed by atoms with van der Waals surface area (Å²) in [5.41, 5.74) is 7.09. The Morgan fingerprint density at radius 1 is 1.28 bits per heavy atom. The van der Waals surface area contributed by atoms with Gasteiger partial charge in [-0.1, -0.05) is 11.2 Å². The lowest BCUT2D eigenvalue weighted by molar-refractivity contribution is 0.377. The number of rotatable bonds is 4. The molecule has 0 amide bonds. The van der Waals surface area contributed by atoms with Gasteiger partial charge in [-0.2, -0.15) is 4.98 Å². The number of aromatic nitrogens is 2. The summed E-state index contributed by atoms with van der Waals surface area (Å²) < 4.78 is 15.7. The molecule has 2 N–H and O–H groups in total. The summed E-state index contributed by atoms with van der Waals surface area (Å²) in [7, 11) is 3.17. The largest absolute Gasteiger partial charge is 0.496 e. The van der Waals surface area contributed by atoms with Gasteiger partial charge in [0, 0.05) is 0 Å². The van der Waals surface area contributed by atoms with Crippen LogP contribution in [0.4, 0.5) is 0 Å². The molecule has 2 rings (SSSR count). The molecule has 0 fully saturated rings. The van der Waals surface area contributed by atoms with Gasteiger partial charge >= 0.3 is 0 Å². The van der Waals surface area contributed by atoms with E-state index in [1.165, 1.54) is 0 Å². The van der Waals surface area contributed by atoms with Crippen molar-refractivity contribution in [2.24, 2.45) is 5.73 Å². The van der Waals surface area contributed by atoms with Crippen LogP contribution >= 0.6 is 0 Å². The molecule has 18 heavy (non-hydrogen) atoms. The summed E-state index contributed by atoms with van der Waals surface area (Å²) in [6.07, 6.45) is 0. The molecule has 96 valence electrons. The Labute approximate surface area is 105 Å². The fourth-order valence-corrected chi connectivity index (χ4v) is 1.75. The summed E-state index contributed by atoms with van der Waals surface area (Å²) in [6, 6.07) is 3.75. The van der Waals surface area contributed by atoms with Gasteiger partial charge in [0.15, 0.2) is 0 Å². The molecule has 0 unspecified atom stereocenters. The van der Waals surface area contributed by atoms with Gasteiger partial charge in [0.05, 0.1) is 20.8 Å². The maximum absolute atomic E-state index is 5.45. The molecule has 0 bridgehead atoms. The van der Waals surface area contributed by atoms with Crippen LogP contribution in [0.25, 0.3) is 11.4 Å². The maximum Gasteiger partial charge on any atom is 0.240 e. The Morgan fingerprint density at radius 2 is 2.06 bits per heavy atom. The van der Waals surface area contributed by atoms with Crippen LogP contribution in [-0.4, -0.2) is 24.4 Å². The number of nitrogens with zero attached hydrogens (tertiary/aromatic N) is 2. The molecular weight excluding hydrogens is 234 g/mol. The number of hydrogen-bond donors (Lipinski definition) is 1. The van der Waals surface area contributed by atoms with Crippen molar-refractivity contribution in [3.8, 4) is 22.9 Å². The summed E-state index contributed by atoms with van der Waals surface area (Å²) in [5, 5.41) is 3.89. The smallest absolute Gasteiger partial charge is 0.240 e. The van der Waals surface area contributed by atoms with Gasteiger partial charge in [-0.3, -0.25) is 0 Å². The molecule has 0 radical (unpaired) electrons. The van der Waals surface area contributed by atoms with Crippen LogP contribution in [0.15, 0.2) is 16.7 Å². The van der Waals surface area contributed by atoms with Gasteiger partial charge < -0.3 is 19.7 Å². The highest BCUT2D eigenvalue weighted by Gasteiger charge is 2.19. The minimum Gasteiger partial charge on any atom is -0.496 e. The Morgan fingerprint density at radius 3 is 2.61 bits per heavy atom. The second-order valence-corrected chi connectivity index (χ2v) is 3.71. The molecule has 6 heteroatoms.